The number of hydrogen-bond acceptors (Lipinski definition) is 1. The Labute approximate surface area is 192 Å². The SMILES string of the molecule is CCCOc1ccc(C#C/C=C/C2CCC(CC[C@H]3CC[C@H](CCC)CC3)CC2)cc1. The molecular formula is C30H44O. The molecule has 1 heteroatoms. The van der Waals surface area contributed by atoms with Crippen LogP contribution in [0.2, 0.25) is 0 Å². The summed E-state index contributed by atoms with van der Waals surface area (Å²) in [6.07, 6.45) is 22.9. The maximum absolute atomic E-state index is 5.63. The molecule has 2 saturated carbocycles. The average Bonchev–Trinajstić information content (AvgIpc) is 2.82. The molecule has 0 aromatic heterocycles. The Morgan fingerprint density at radius 1 is 0.774 bits per heavy atom. The van der Waals surface area contributed by atoms with E-state index < -0.39 is 0 Å². The number of ether oxygens (including phenoxy) is 1. The van der Waals surface area contributed by atoms with E-state index in [1.165, 1.54) is 77.0 Å². The minimum absolute atomic E-state index is 0.736. The topological polar surface area (TPSA) is 9.23 Å². The van der Waals surface area contributed by atoms with Gasteiger partial charge in [-0.05, 0) is 86.1 Å². The summed E-state index contributed by atoms with van der Waals surface area (Å²) in [5, 5.41) is 0. The lowest BCUT2D eigenvalue weighted by Gasteiger charge is -2.31. The van der Waals surface area contributed by atoms with Crippen molar-refractivity contribution in [1.29, 1.82) is 0 Å². The molecule has 2 aliphatic carbocycles. The molecule has 0 N–H and O–H groups in total. The van der Waals surface area contributed by atoms with Gasteiger partial charge in [-0.3, -0.25) is 0 Å². The lowest BCUT2D eigenvalue weighted by molar-refractivity contribution is 0.221. The molecule has 170 valence electrons. The van der Waals surface area contributed by atoms with E-state index in [0.717, 1.165) is 48.0 Å². The Morgan fingerprint density at radius 3 is 1.94 bits per heavy atom. The van der Waals surface area contributed by atoms with E-state index in [1.54, 1.807) is 0 Å². The van der Waals surface area contributed by atoms with Crippen LogP contribution in [-0.4, -0.2) is 6.61 Å². The molecule has 31 heavy (non-hydrogen) atoms. The maximum atomic E-state index is 5.63. The molecule has 0 unspecified atom stereocenters. The molecule has 0 heterocycles. The summed E-state index contributed by atoms with van der Waals surface area (Å²) in [5.74, 6) is 11.2. The molecule has 1 aromatic rings. The zero-order chi connectivity index (χ0) is 21.7. The third kappa shape index (κ3) is 8.76. The van der Waals surface area contributed by atoms with E-state index in [-0.39, 0.29) is 0 Å². The van der Waals surface area contributed by atoms with Crippen LogP contribution in [-0.2, 0) is 0 Å². The Hall–Kier alpha value is -1.68. The van der Waals surface area contributed by atoms with E-state index in [0.29, 0.717) is 0 Å². The molecule has 2 fully saturated rings. The largest absolute Gasteiger partial charge is 0.494 e. The predicted octanol–water partition coefficient (Wildman–Crippen LogP) is 8.58. The normalized spacial score (nSPS) is 26.4. The fourth-order valence-corrected chi connectivity index (χ4v) is 5.52. The van der Waals surface area contributed by atoms with Crippen molar-refractivity contribution in [3.05, 3.63) is 42.0 Å². The minimum atomic E-state index is 0.736. The third-order valence-electron chi connectivity index (χ3n) is 7.53. The van der Waals surface area contributed by atoms with Gasteiger partial charge in [-0.25, -0.2) is 0 Å². The molecule has 0 aliphatic heterocycles. The summed E-state index contributed by atoms with van der Waals surface area (Å²) in [4.78, 5) is 0. The molecule has 0 spiro atoms. The number of allylic oxidation sites excluding steroid dienone is 2. The van der Waals surface area contributed by atoms with Gasteiger partial charge in [-0.1, -0.05) is 83.1 Å². The second-order valence-electron chi connectivity index (χ2n) is 10.0. The Kier molecular flexibility index (Phi) is 10.6. The van der Waals surface area contributed by atoms with Crippen molar-refractivity contribution in [2.24, 2.45) is 23.7 Å². The summed E-state index contributed by atoms with van der Waals surface area (Å²) in [7, 11) is 0. The first-order chi connectivity index (χ1) is 15.3. The van der Waals surface area contributed by atoms with Gasteiger partial charge >= 0.3 is 0 Å². The summed E-state index contributed by atoms with van der Waals surface area (Å²) < 4.78 is 5.63. The van der Waals surface area contributed by atoms with E-state index in [4.69, 9.17) is 4.74 Å². The number of benzene rings is 1. The van der Waals surface area contributed by atoms with Crippen LogP contribution < -0.4 is 4.74 Å². The second kappa shape index (κ2) is 13.7. The van der Waals surface area contributed by atoms with Gasteiger partial charge in [-0.15, -0.1) is 0 Å². The molecular weight excluding hydrogens is 376 g/mol. The first kappa shape index (κ1) is 24.0. The number of rotatable bonds is 9. The standard InChI is InChI=1S/C30H44O/c1-3-7-25-10-14-28(15-11-25)18-19-29-16-12-26(13-17-29)8-5-6-9-27-20-22-30(23-21-27)31-24-4-2/h5,8,20-23,25-26,28-29H,3-4,7,10-19,24H2,1-2H3/b8-5+/t25-,26?,28-,29?. The van der Waals surface area contributed by atoms with Gasteiger partial charge in [0.2, 0.25) is 0 Å². The maximum Gasteiger partial charge on any atom is 0.119 e. The van der Waals surface area contributed by atoms with Gasteiger partial charge in [0.15, 0.2) is 0 Å². The van der Waals surface area contributed by atoms with E-state index in [2.05, 4.69) is 37.8 Å². The van der Waals surface area contributed by atoms with E-state index >= 15 is 0 Å². The zero-order valence-corrected chi connectivity index (χ0v) is 20.1. The van der Waals surface area contributed by atoms with E-state index in [9.17, 15) is 0 Å². The highest BCUT2D eigenvalue weighted by Gasteiger charge is 2.23. The highest BCUT2D eigenvalue weighted by molar-refractivity contribution is 5.40. The summed E-state index contributed by atoms with van der Waals surface area (Å²) in [5.41, 5.74) is 1.06. The van der Waals surface area contributed by atoms with Crippen LogP contribution >= 0.6 is 0 Å². The van der Waals surface area contributed by atoms with Crippen LogP contribution in [0, 0.1) is 35.5 Å². The molecule has 0 saturated heterocycles. The third-order valence-corrected chi connectivity index (χ3v) is 7.53. The van der Waals surface area contributed by atoms with E-state index in [1.807, 2.05) is 24.3 Å². The van der Waals surface area contributed by atoms with Gasteiger partial charge in [-0.2, -0.15) is 0 Å². The van der Waals surface area contributed by atoms with Crippen molar-refractivity contribution in [1.82, 2.24) is 0 Å². The molecule has 0 bridgehead atoms. The van der Waals surface area contributed by atoms with Gasteiger partial charge in [0.1, 0.15) is 5.75 Å². The zero-order valence-electron chi connectivity index (χ0n) is 20.1. The summed E-state index contributed by atoms with van der Waals surface area (Å²) in [6.45, 7) is 5.24. The second-order valence-corrected chi connectivity index (χ2v) is 10.0. The number of hydrogen-bond donors (Lipinski definition) is 0. The first-order valence-corrected chi connectivity index (χ1v) is 13.2. The van der Waals surface area contributed by atoms with Crippen LogP contribution in [0.3, 0.4) is 0 Å². The van der Waals surface area contributed by atoms with Crippen molar-refractivity contribution in [3.63, 3.8) is 0 Å². The van der Waals surface area contributed by atoms with Crippen molar-refractivity contribution >= 4 is 0 Å². The van der Waals surface area contributed by atoms with Crippen LogP contribution in [0.4, 0.5) is 0 Å². The molecule has 1 nitrogen and oxygen atoms in total. The van der Waals surface area contributed by atoms with Gasteiger partial charge < -0.3 is 4.74 Å². The van der Waals surface area contributed by atoms with Gasteiger partial charge in [0.25, 0.3) is 0 Å². The Bertz CT molecular complexity index is 688. The molecule has 0 amide bonds. The molecule has 2 aliphatic rings. The van der Waals surface area contributed by atoms with Crippen LogP contribution in [0.5, 0.6) is 5.75 Å². The molecule has 0 radical (unpaired) electrons. The smallest absolute Gasteiger partial charge is 0.119 e. The molecule has 3 rings (SSSR count). The summed E-state index contributed by atoms with van der Waals surface area (Å²) in [6, 6.07) is 8.13. The van der Waals surface area contributed by atoms with Crippen molar-refractivity contribution in [3.8, 4) is 17.6 Å². The molecule has 1 aromatic carbocycles. The minimum Gasteiger partial charge on any atom is -0.494 e. The quantitative estimate of drug-likeness (QED) is 0.363. The lowest BCUT2D eigenvalue weighted by atomic mass is 9.75. The highest BCUT2D eigenvalue weighted by Crippen LogP contribution is 2.37. The Morgan fingerprint density at radius 2 is 1.35 bits per heavy atom. The van der Waals surface area contributed by atoms with Gasteiger partial charge in [0.05, 0.1) is 6.61 Å². The van der Waals surface area contributed by atoms with Crippen LogP contribution in [0.15, 0.2) is 36.4 Å². The van der Waals surface area contributed by atoms with Crippen LogP contribution in [0.25, 0.3) is 0 Å². The average molecular weight is 421 g/mol. The fourth-order valence-electron chi connectivity index (χ4n) is 5.52. The predicted molar refractivity (Wildman–Crippen MR) is 133 cm³/mol. The fraction of sp³-hybridized carbons (Fsp3) is 0.667. The highest BCUT2D eigenvalue weighted by atomic mass is 16.5. The van der Waals surface area contributed by atoms with Gasteiger partial charge in [0, 0.05) is 5.56 Å². The molecule has 0 atom stereocenters. The van der Waals surface area contributed by atoms with Crippen molar-refractivity contribution < 1.29 is 4.74 Å². The monoisotopic (exact) mass is 420 g/mol. The van der Waals surface area contributed by atoms with Crippen molar-refractivity contribution in [2.75, 3.05) is 6.61 Å². The Balaban J connectivity index is 1.30. The van der Waals surface area contributed by atoms with Crippen molar-refractivity contribution in [2.45, 2.75) is 97.3 Å². The lowest BCUT2D eigenvalue weighted by Crippen LogP contribution is -2.17. The van der Waals surface area contributed by atoms with Crippen LogP contribution in [0.1, 0.15) is 103 Å². The summed E-state index contributed by atoms with van der Waals surface area (Å²) >= 11 is 0. The first-order valence-electron chi connectivity index (χ1n) is 13.2.